The van der Waals surface area contributed by atoms with Gasteiger partial charge in [0, 0.05) is 47.9 Å². The Kier molecular flexibility index (Phi) is 6.25. The van der Waals surface area contributed by atoms with Crippen molar-refractivity contribution in [1.29, 1.82) is 0 Å². The molecule has 0 saturated heterocycles. The molecular weight excluding hydrogens is 408 g/mol. The number of nitrogens with zero attached hydrogens (tertiary/aromatic N) is 2. The number of Topliss-reactive ketones (excluding diaryl/α,β-unsaturated/α-hetero) is 1. The van der Waals surface area contributed by atoms with Gasteiger partial charge in [0.2, 0.25) is 0 Å². The molecule has 7 heteroatoms. The number of nitro groups is 1. The summed E-state index contributed by atoms with van der Waals surface area (Å²) in [4.78, 5) is 41.3. The maximum absolute atomic E-state index is 13.2. The van der Waals surface area contributed by atoms with Crippen molar-refractivity contribution in [1.82, 2.24) is 0 Å². The van der Waals surface area contributed by atoms with E-state index in [0.29, 0.717) is 36.1 Å². The lowest BCUT2D eigenvalue weighted by molar-refractivity contribution is -0.384. The van der Waals surface area contributed by atoms with Crippen molar-refractivity contribution in [3.8, 4) is 0 Å². The van der Waals surface area contributed by atoms with E-state index < -0.39 is 22.7 Å². The van der Waals surface area contributed by atoms with Crippen LogP contribution in [0.25, 0.3) is 0 Å². The zero-order valence-corrected chi connectivity index (χ0v) is 17.8. The standard InChI is InChI=1S/C25H24N2O5/c1-16-22(25(29)32-15-14-17-6-3-2-4-7-17)23(18-10-12-19(13-11-18)27(30)31)24-20(26-16)8-5-9-21(24)28/h2-4,6-7,10-13,22-23H,5,8-9,14-15H2,1H3/t22?,23-/m1/s1. The van der Waals surface area contributed by atoms with Crippen LogP contribution in [0.4, 0.5) is 5.69 Å². The number of aliphatic imine (C=N–C) groups is 1. The molecule has 0 saturated carbocycles. The fourth-order valence-corrected chi connectivity index (χ4v) is 4.48. The molecule has 0 bridgehead atoms. The molecule has 2 atom stereocenters. The molecule has 0 amide bonds. The number of rotatable bonds is 6. The molecule has 0 aromatic heterocycles. The number of esters is 1. The number of non-ortho nitro benzene ring substituents is 1. The van der Waals surface area contributed by atoms with Gasteiger partial charge in [-0.3, -0.25) is 24.7 Å². The summed E-state index contributed by atoms with van der Waals surface area (Å²) in [6.45, 7) is 2.00. The molecule has 2 aliphatic rings. The molecular formula is C25H24N2O5. The molecule has 4 rings (SSSR count). The number of ketones is 1. The first kappa shape index (κ1) is 21.6. The summed E-state index contributed by atoms with van der Waals surface area (Å²) in [5.74, 6) is -1.75. The van der Waals surface area contributed by atoms with Crippen molar-refractivity contribution in [3.05, 3.63) is 87.1 Å². The van der Waals surface area contributed by atoms with E-state index in [0.717, 1.165) is 17.7 Å². The van der Waals surface area contributed by atoms with E-state index in [1.807, 2.05) is 30.3 Å². The van der Waals surface area contributed by atoms with Crippen LogP contribution in [0.2, 0.25) is 0 Å². The Bertz CT molecular complexity index is 1100. The van der Waals surface area contributed by atoms with Gasteiger partial charge >= 0.3 is 5.97 Å². The van der Waals surface area contributed by atoms with Crippen molar-refractivity contribution in [2.24, 2.45) is 10.9 Å². The topological polar surface area (TPSA) is 98.9 Å². The largest absolute Gasteiger partial charge is 0.465 e. The van der Waals surface area contributed by atoms with Gasteiger partial charge in [-0.2, -0.15) is 0 Å². The van der Waals surface area contributed by atoms with Gasteiger partial charge in [0.1, 0.15) is 5.92 Å². The van der Waals surface area contributed by atoms with Crippen molar-refractivity contribution in [3.63, 3.8) is 0 Å². The third-order valence-electron chi connectivity index (χ3n) is 6.03. The zero-order chi connectivity index (χ0) is 22.7. The Morgan fingerprint density at radius 2 is 1.84 bits per heavy atom. The number of hydrogen-bond acceptors (Lipinski definition) is 6. The SMILES string of the molecule is CC1=NC2=C(C(=O)CCC2)[C@H](c2ccc([N+](=O)[O-])cc2)C1C(=O)OCCc1ccccc1. The highest BCUT2D eigenvalue weighted by Gasteiger charge is 2.43. The fourth-order valence-electron chi connectivity index (χ4n) is 4.48. The fraction of sp³-hybridized carbons (Fsp3) is 0.320. The number of allylic oxidation sites excluding steroid dienone is 2. The second-order valence-electron chi connectivity index (χ2n) is 8.10. The Hall–Kier alpha value is -3.61. The maximum atomic E-state index is 13.2. The summed E-state index contributed by atoms with van der Waals surface area (Å²) < 4.78 is 5.62. The van der Waals surface area contributed by atoms with Crippen LogP contribution in [-0.2, 0) is 20.7 Å². The van der Waals surface area contributed by atoms with E-state index >= 15 is 0 Å². The van der Waals surface area contributed by atoms with Crippen LogP contribution >= 0.6 is 0 Å². The van der Waals surface area contributed by atoms with Crippen LogP contribution in [-0.4, -0.2) is 29.0 Å². The minimum Gasteiger partial charge on any atom is -0.465 e. The summed E-state index contributed by atoms with van der Waals surface area (Å²) in [5.41, 5.74) is 3.56. The van der Waals surface area contributed by atoms with Gasteiger partial charge in [-0.25, -0.2) is 0 Å². The first-order valence-corrected chi connectivity index (χ1v) is 10.7. The molecule has 1 aliphatic carbocycles. The van der Waals surface area contributed by atoms with E-state index in [4.69, 9.17) is 4.74 Å². The van der Waals surface area contributed by atoms with Crippen molar-refractivity contribution >= 4 is 23.2 Å². The average Bonchev–Trinajstić information content (AvgIpc) is 2.79. The first-order chi connectivity index (χ1) is 15.5. The van der Waals surface area contributed by atoms with Gasteiger partial charge in [-0.1, -0.05) is 42.5 Å². The van der Waals surface area contributed by atoms with E-state index in [2.05, 4.69) is 4.99 Å². The summed E-state index contributed by atoms with van der Waals surface area (Å²) in [7, 11) is 0. The summed E-state index contributed by atoms with van der Waals surface area (Å²) in [6, 6.07) is 15.8. The van der Waals surface area contributed by atoms with Gasteiger partial charge in [-0.05, 0) is 30.9 Å². The number of nitro benzene ring substituents is 1. The normalized spacial score (nSPS) is 20.4. The van der Waals surface area contributed by atoms with Crippen LogP contribution in [0.3, 0.4) is 0 Å². The monoisotopic (exact) mass is 432 g/mol. The van der Waals surface area contributed by atoms with E-state index in [1.54, 1.807) is 19.1 Å². The maximum Gasteiger partial charge on any atom is 0.315 e. The molecule has 0 N–H and O–H groups in total. The molecule has 2 aromatic rings. The number of carbonyl (C=O) groups is 2. The van der Waals surface area contributed by atoms with E-state index in [1.165, 1.54) is 12.1 Å². The number of hydrogen-bond donors (Lipinski definition) is 0. The van der Waals surface area contributed by atoms with Crippen LogP contribution in [0.15, 0.2) is 70.9 Å². The molecule has 0 spiro atoms. The smallest absolute Gasteiger partial charge is 0.315 e. The van der Waals surface area contributed by atoms with Crippen LogP contribution in [0, 0.1) is 16.0 Å². The molecule has 1 heterocycles. The predicted molar refractivity (Wildman–Crippen MR) is 119 cm³/mol. The highest BCUT2D eigenvalue weighted by Crippen LogP contribution is 2.43. The molecule has 32 heavy (non-hydrogen) atoms. The molecule has 7 nitrogen and oxygen atoms in total. The van der Waals surface area contributed by atoms with Crippen LogP contribution in [0.1, 0.15) is 43.2 Å². The summed E-state index contributed by atoms with van der Waals surface area (Å²) in [5, 5.41) is 11.1. The minimum atomic E-state index is -0.743. The lowest BCUT2D eigenvalue weighted by Crippen LogP contribution is -2.37. The van der Waals surface area contributed by atoms with Crippen LogP contribution < -0.4 is 0 Å². The number of benzene rings is 2. The lowest BCUT2D eigenvalue weighted by atomic mass is 9.72. The Labute approximate surface area is 186 Å². The van der Waals surface area contributed by atoms with Gasteiger partial charge < -0.3 is 4.74 Å². The van der Waals surface area contributed by atoms with Gasteiger partial charge in [0.05, 0.1) is 11.5 Å². The molecule has 0 fully saturated rings. The lowest BCUT2D eigenvalue weighted by Gasteiger charge is -2.34. The highest BCUT2D eigenvalue weighted by atomic mass is 16.6. The number of carbonyl (C=O) groups excluding carboxylic acids is 2. The van der Waals surface area contributed by atoms with Crippen molar-refractivity contribution in [2.45, 2.75) is 38.5 Å². The zero-order valence-electron chi connectivity index (χ0n) is 17.8. The average molecular weight is 432 g/mol. The van der Waals surface area contributed by atoms with Crippen molar-refractivity contribution in [2.75, 3.05) is 6.61 Å². The van der Waals surface area contributed by atoms with Gasteiger partial charge in [0.25, 0.3) is 5.69 Å². The molecule has 1 unspecified atom stereocenters. The van der Waals surface area contributed by atoms with E-state index in [-0.39, 0.29) is 18.1 Å². The molecule has 2 aromatic carbocycles. The second kappa shape index (κ2) is 9.26. The predicted octanol–water partition coefficient (Wildman–Crippen LogP) is 4.56. The third kappa shape index (κ3) is 4.37. The Morgan fingerprint density at radius 1 is 1.12 bits per heavy atom. The first-order valence-electron chi connectivity index (χ1n) is 10.7. The minimum absolute atomic E-state index is 0.0204. The summed E-state index contributed by atoms with van der Waals surface area (Å²) in [6.07, 6.45) is 2.41. The second-order valence-corrected chi connectivity index (χ2v) is 8.10. The highest BCUT2D eigenvalue weighted by molar-refractivity contribution is 6.08. The third-order valence-corrected chi connectivity index (χ3v) is 6.03. The van der Waals surface area contributed by atoms with Crippen LogP contribution in [0.5, 0.6) is 0 Å². The molecule has 1 aliphatic heterocycles. The molecule has 0 radical (unpaired) electrons. The quantitative estimate of drug-likeness (QED) is 0.378. The number of ether oxygens (including phenoxy) is 1. The Balaban J connectivity index is 1.63. The van der Waals surface area contributed by atoms with Gasteiger partial charge in [-0.15, -0.1) is 0 Å². The van der Waals surface area contributed by atoms with Gasteiger partial charge in [0.15, 0.2) is 5.78 Å². The van der Waals surface area contributed by atoms with E-state index in [9.17, 15) is 19.7 Å². The molecule has 164 valence electrons. The Morgan fingerprint density at radius 3 is 2.53 bits per heavy atom. The van der Waals surface area contributed by atoms with Crippen molar-refractivity contribution < 1.29 is 19.2 Å². The summed E-state index contributed by atoms with van der Waals surface area (Å²) >= 11 is 0.